The number of rotatable bonds is 4. The molecule has 0 heterocycles. The van der Waals surface area contributed by atoms with Crippen molar-refractivity contribution in [1.29, 1.82) is 0 Å². The van der Waals surface area contributed by atoms with Crippen LogP contribution < -0.4 is 11.1 Å². The number of nitrogens with one attached hydrogen (secondary N) is 1. The molecule has 19 heavy (non-hydrogen) atoms. The lowest BCUT2D eigenvalue weighted by atomic mass is 9.95. The summed E-state index contributed by atoms with van der Waals surface area (Å²) in [6.07, 6.45) is 2.15. The number of carbonyl (C=O) groups excluding carboxylic acids is 1. The first-order valence-electron chi connectivity index (χ1n) is 5.94. The van der Waals surface area contributed by atoms with Crippen LogP contribution in [0.5, 0.6) is 0 Å². The molecule has 3 nitrogen and oxygen atoms in total. The average Bonchev–Trinajstić information content (AvgIpc) is 3.12. The molecule has 0 aliphatic heterocycles. The van der Waals surface area contributed by atoms with Crippen LogP contribution in [0.4, 0.5) is 4.39 Å². The first-order valence-corrected chi connectivity index (χ1v) is 6.32. The van der Waals surface area contributed by atoms with Crippen molar-refractivity contribution in [3.8, 4) is 0 Å². The number of halogens is 3. The summed E-state index contributed by atoms with van der Waals surface area (Å²) in [5, 5.41) is 3.02. The quantitative estimate of drug-likeness (QED) is 0.898. The molecular formula is C13H17Cl2FN2O. The van der Waals surface area contributed by atoms with Gasteiger partial charge in [-0.05, 0) is 43.9 Å². The van der Waals surface area contributed by atoms with E-state index in [9.17, 15) is 9.18 Å². The van der Waals surface area contributed by atoms with Crippen molar-refractivity contribution >= 4 is 29.9 Å². The Morgan fingerprint density at radius 3 is 2.68 bits per heavy atom. The summed E-state index contributed by atoms with van der Waals surface area (Å²) < 4.78 is 12.9. The highest BCUT2D eigenvalue weighted by atomic mass is 35.5. The lowest BCUT2D eigenvalue weighted by Gasteiger charge is -2.29. The molecular weight excluding hydrogens is 290 g/mol. The zero-order valence-electron chi connectivity index (χ0n) is 10.6. The predicted octanol–water partition coefficient (Wildman–Crippen LogP) is 2.76. The highest BCUT2D eigenvalue weighted by Crippen LogP contribution is 2.39. The molecule has 0 bridgehead atoms. The van der Waals surface area contributed by atoms with Crippen LogP contribution in [0.2, 0.25) is 5.02 Å². The van der Waals surface area contributed by atoms with E-state index in [1.807, 2.05) is 6.92 Å². The van der Waals surface area contributed by atoms with E-state index in [1.54, 1.807) is 0 Å². The Labute approximate surface area is 123 Å². The second kappa shape index (κ2) is 6.07. The highest BCUT2D eigenvalue weighted by molar-refractivity contribution is 6.33. The fraction of sp³-hybridized carbons (Fsp3) is 0.462. The summed E-state index contributed by atoms with van der Waals surface area (Å²) in [5.74, 6) is -0.342. The molecule has 1 atom stereocenters. The first kappa shape index (κ1) is 16.2. The fourth-order valence-corrected chi connectivity index (χ4v) is 2.29. The molecule has 1 aromatic carbocycles. The third kappa shape index (κ3) is 3.59. The second-order valence-electron chi connectivity index (χ2n) is 4.97. The van der Waals surface area contributed by atoms with Gasteiger partial charge < -0.3 is 11.1 Å². The van der Waals surface area contributed by atoms with Crippen LogP contribution in [0.15, 0.2) is 18.2 Å². The van der Waals surface area contributed by atoms with E-state index in [4.69, 9.17) is 17.3 Å². The molecule has 0 radical (unpaired) electrons. The van der Waals surface area contributed by atoms with Gasteiger partial charge in [0, 0.05) is 6.54 Å². The number of carbonyl (C=O) groups is 1. The summed E-state index contributed by atoms with van der Waals surface area (Å²) in [6, 6.07) is 3.74. The Bertz CT molecular complexity index is 480. The van der Waals surface area contributed by atoms with Gasteiger partial charge in [0.25, 0.3) is 5.91 Å². The van der Waals surface area contributed by atoms with E-state index < -0.39 is 11.4 Å². The summed E-state index contributed by atoms with van der Waals surface area (Å²) >= 11 is 5.86. The summed E-state index contributed by atoms with van der Waals surface area (Å²) in [5.41, 5.74) is 5.60. The highest BCUT2D eigenvalue weighted by Gasteiger charge is 2.41. The Kier molecular flexibility index (Phi) is 5.18. The van der Waals surface area contributed by atoms with E-state index in [0.29, 0.717) is 12.5 Å². The van der Waals surface area contributed by atoms with Crippen molar-refractivity contribution in [3.63, 3.8) is 0 Å². The van der Waals surface area contributed by atoms with Crippen LogP contribution in [0, 0.1) is 11.7 Å². The smallest absolute Gasteiger partial charge is 0.253 e. The Morgan fingerprint density at radius 1 is 1.58 bits per heavy atom. The van der Waals surface area contributed by atoms with Gasteiger partial charge in [-0.25, -0.2) is 4.39 Å². The number of amides is 1. The molecule has 1 unspecified atom stereocenters. The van der Waals surface area contributed by atoms with Crippen molar-refractivity contribution in [2.75, 3.05) is 6.54 Å². The zero-order chi connectivity index (χ0) is 13.3. The first-order chi connectivity index (χ1) is 8.46. The van der Waals surface area contributed by atoms with Crippen molar-refractivity contribution < 1.29 is 9.18 Å². The SMILES string of the molecule is CC(CN)(NC(=O)c1ccc(F)cc1Cl)C1CC1.Cl. The Hall–Kier alpha value is -0.840. The maximum absolute atomic E-state index is 12.9. The number of nitrogens with two attached hydrogens (primary N) is 1. The molecule has 1 fully saturated rings. The van der Waals surface area contributed by atoms with E-state index in [1.165, 1.54) is 12.1 Å². The third-order valence-corrected chi connectivity index (χ3v) is 3.79. The molecule has 106 valence electrons. The molecule has 6 heteroatoms. The van der Waals surface area contributed by atoms with Gasteiger partial charge in [-0.2, -0.15) is 0 Å². The molecule has 1 aromatic rings. The molecule has 3 N–H and O–H groups in total. The van der Waals surface area contributed by atoms with Crippen molar-refractivity contribution in [2.45, 2.75) is 25.3 Å². The molecule has 2 rings (SSSR count). The van der Waals surface area contributed by atoms with E-state index >= 15 is 0 Å². The Morgan fingerprint density at radius 2 is 2.21 bits per heavy atom. The lowest BCUT2D eigenvalue weighted by molar-refractivity contribution is 0.0898. The van der Waals surface area contributed by atoms with Crippen LogP contribution in [-0.2, 0) is 0 Å². The summed E-state index contributed by atoms with van der Waals surface area (Å²) in [6.45, 7) is 2.31. The monoisotopic (exact) mass is 306 g/mol. The average molecular weight is 307 g/mol. The molecule has 1 aliphatic carbocycles. The largest absolute Gasteiger partial charge is 0.345 e. The standard InChI is InChI=1S/C13H16ClFN2O.ClH/c1-13(7-16,8-2-3-8)17-12(18)10-5-4-9(15)6-11(10)14;/h4-6,8H,2-3,7,16H2,1H3,(H,17,18);1H. The maximum Gasteiger partial charge on any atom is 0.253 e. The van der Waals surface area contributed by atoms with Gasteiger partial charge in [-0.1, -0.05) is 11.6 Å². The van der Waals surface area contributed by atoms with Crippen LogP contribution in [0.1, 0.15) is 30.1 Å². The van der Waals surface area contributed by atoms with Crippen LogP contribution >= 0.6 is 24.0 Å². The number of hydrogen-bond donors (Lipinski definition) is 2. The molecule has 0 spiro atoms. The van der Waals surface area contributed by atoms with Gasteiger partial charge >= 0.3 is 0 Å². The minimum absolute atomic E-state index is 0. The van der Waals surface area contributed by atoms with E-state index in [-0.39, 0.29) is 28.9 Å². The van der Waals surface area contributed by atoms with Crippen molar-refractivity contribution in [3.05, 3.63) is 34.6 Å². The van der Waals surface area contributed by atoms with Crippen LogP contribution in [-0.4, -0.2) is 18.0 Å². The molecule has 0 aromatic heterocycles. The predicted molar refractivity (Wildman–Crippen MR) is 76.3 cm³/mol. The van der Waals surface area contributed by atoms with Gasteiger partial charge in [0.05, 0.1) is 16.1 Å². The van der Waals surface area contributed by atoms with E-state index in [0.717, 1.165) is 18.9 Å². The summed E-state index contributed by atoms with van der Waals surface area (Å²) in [7, 11) is 0. The zero-order valence-corrected chi connectivity index (χ0v) is 12.2. The van der Waals surface area contributed by atoms with Gasteiger partial charge in [0.15, 0.2) is 0 Å². The van der Waals surface area contributed by atoms with Gasteiger partial charge in [0.2, 0.25) is 0 Å². The van der Waals surface area contributed by atoms with Crippen molar-refractivity contribution in [1.82, 2.24) is 5.32 Å². The molecule has 1 saturated carbocycles. The van der Waals surface area contributed by atoms with Gasteiger partial charge in [0.1, 0.15) is 5.82 Å². The minimum Gasteiger partial charge on any atom is -0.345 e. The normalized spacial score (nSPS) is 17.3. The topological polar surface area (TPSA) is 55.1 Å². The minimum atomic E-state index is -0.458. The fourth-order valence-electron chi connectivity index (χ4n) is 2.04. The van der Waals surface area contributed by atoms with Gasteiger partial charge in [-0.15, -0.1) is 12.4 Å². The lowest BCUT2D eigenvalue weighted by Crippen LogP contribution is -2.53. The molecule has 1 aliphatic rings. The Balaban J connectivity index is 0.00000180. The third-order valence-electron chi connectivity index (χ3n) is 3.48. The summed E-state index contributed by atoms with van der Waals surface area (Å²) in [4.78, 5) is 12.1. The van der Waals surface area contributed by atoms with Crippen LogP contribution in [0.25, 0.3) is 0 Å². The van der Waals surface area contributed by atoms with E-state index in [2.05, 4.69) is 5.32 Å². The molecule has 1 amide bonds. The number of hydrogen-bond acceptors (Lipinski definition) is 2. The maximum atomic E-state index is 12.9. The number of benzene rings is 1. The molecule has 0 saturated heterocycles. The van der Waals surface area contributed by atoms with Crippen molar-refractivity contribution in [2.24, 2.45) is 11.7 Å². The van der Waals surface area contributed by atoms with Gasteiger partial charge in [-0.3, -0.25) is 4.79 Å². The second-order valence-corrected chi connectivity index (χ2v) is 5.38. The van der Waals surface area contributed by atoms with Crippen LogP contribution in [0.3, 0.4) is 0 Å².